The average molecular weight is 436 g/mol. The number of aromatic hydroxyl groups is 1. The average Bonchev–Trinajstić information content (AvgIpc) is 3.19. The number of phenolic OH excluding ortho intramolecular Hbond substituents is 1. The van der Waals surface area contributed by atoms with Gasteiger partial charge < -0.3 is 15.2 Å². The van der Waals surface area contributed by atoms with E-state index in [-0.39, 0.29) is 11.5 Å². The van der Waals surface area contributed by atoms with Gasteiger partial charge in [-0.15, -0.1) is 5.10 Å². The number of hydrogen-bond acceptors (Lipinski definition) is 8. The van der Waals surface area contributed by atoms with E-state index in [1.807, 2.05) is 24.3 Å². The fourth-order valence-electron chi connectivity index (χ4n) is 4.01. The largest absolute Gasteiger partial charge is 0.504 e. The molecule has 1 atom stereocenters. The van der Waals surface area contributed by atoms with Gasteiger partial charge in [-0.25, -0.2) is 4.68 Å². The van der Waals surface area contributed by atoms with Crippen molar-refractivity contribution in [2.75, 3.05) is 12.4 Å². The van der Waals surface area contributed by atoms with Crippen molar-refractivity contribution in [2.24, 2.45) is 0 Å². The van der Waals surface area contributed by atoms with Gasteiger partial charge in [0.15, 0.2) is 17.3 Å². The Morgan fingerprint density at radius 2 is 2.19 bits per heavy atom. The zero-order chi connectivity index (χ0) is 21.4. The fourth-order valence-corrected chi connectivity index (χ4v) is 4.75. The van der Waals surface area contributed by atoms with Crippen molar-refractivity contribution >= 4 is 23.5 Å². The summed E-state index contributed by atoms with van der Waals surface area (Å²) in [6.45, 7) is 0. The van der Waals surface area contributed by atoms with Crippen LogP contribution in [0.5, 0.6) is 11.5 Å². The molecule has 1 aliphatic heterocycles. The van der Waals surface area contributed by atoms with Crippen LogP contribution in [0.2, 0.25) is 0 Å². The molecule has 0 amide bonds. The number of nitrogens with zero attached hydrogens (tertiary/aromatic N) is 4. The first-order valence-electron chi connectivity index (χ1n) is 10.0. The molecule has 0 radical (unpaired) electrons. The number of methoxy groups -OCH3 is 1. The van der Waals surface area contributed by atoms with Crippen LogP contribution in [0.15, 0.2) is 59.0 Å². The number of pyridine rings is 1. The molecule has 0 saturated heterocycles. The van der Waals surface area contributed by atoms with Gasteiger partial charge in [0, 0.05) is 29.6 Å². The Morgan fingerprint density at radius 1 is 1.29 bits per heavy atom. The molecule has 9 heteroatoms. The molecule has 3 heterocycles. The van der Waals surface area contributed by atoms with Crippen molar-refractivity contribution in [2.45, 2.75) is 36.2 Å². The maximum absolute atomic E-state index is 12.9. The molecule has 0 saturated carbocycles. The van der Waals surface area contributed by atoms with E-state index in [2.05, 4.69) is 15.3 Å². The Hall–Kier alpha value is -3.33. The van der Waals surface area contributed by atoms with Crippen LogP contribution in [-0.2, 0) is 10.5 Å². The second-order valence-electron chi connectivity index (χ2n) is 7.40. The van der Waals surface area contributed by atoms with Gasteiger partial charge in [-0.05, 0) is 42.7 Å². The normalized spacial score (nSPS) is 17.7. The van der Waals surface area contributed by atoms with Gasteiger partial charge in [-0.1, -0.05) is 23.9 Å². The van der Waals surface area contributed by atoms with Crippen LogP contribution in [-0.4, -0.2) is 37.7 Å². The van der Waals surface area contributed by atoms with Crippen LogP contribution in [0, 0.1) is 0 Å². The van der Waals surface area contributed by atoms with Crippen molar-refractivity contribution in [1.82, 2.24) is 19.7 Å². The number of benzene rings is 1. The molecule has 3 aromatic rings. The maximum Gasteiger partial charge on any atom is 0.227 e. The molecule has 2 aromatic heterocycles. The zero-order valence-electron chi connectivity index (χ0n) is 16.9. The minimum atomic E-state index is -0.451. The van der Waals surface area contributed by atoms with E-state index in [9.17, 15) is 9.90 Å². The predicted molar refractivity (Wildman–Crippen MR) is 116 cm³/mol. The zero-order valence-corrected chi connectivity index (χ0v) is 17.7. The van der Waals surface area contributed by atoms with Crippen molar-refractivity contribution < 1.29 is 14.6 Å². The van der Waals surface area contributed by atoms with Crippen LogP contribution < -0.4 is 10.1 Å². The molecule has 2 aliphatic rings. The van der Waals surface area contributed by atoms with Crippen LogP contribution in [0.25, 0.3) is 0 Å². The first-order chi connectivity index (χ1) is 15.1. The smallest absolute Gasteiger partial charge is 0.227 e. The molecule has 2 N–H and O–H groups in total. The highest BCUT2D eigenvalue weighted by molar-refractivity contribution is 7.98. The second-order valence-corrected chi connectivity index (χ2v) is 8.34. The highest BCUT2D eigenvalue weighted by Gasteiger charge is 2.37. The third-order valence-electron chi connectivity index (χ3n) is 5.44. The van der Waals surface area contributed by atoms with Gasteiger partial charge in [0.05, 0.1) is 12.8 Å². The lowest BCUT2D eigenvalue weighted by Gasteiger charge is -2.32. The second kappa shape index (κ2) is 8.07. The fraction of sp³-hybridized carbons (Fsp3) is 0.273. The van der Waals surface area contributed by atoms with Crippen molar-refractivity contribution in [3.63, 3.8) is 0 Å². The van der Waals surface area contributed by atoms with E-state index in [4.69, 9.17) is 9.84 Å². The number of carbonyl (C=O) groups is 1. The number of ketones is 1. The number of fused-ring (bicyclic) bond motifs is 1. The number of anilines is 1. The number of ether oxygens (including phenoxy) is 1. The molecule has 31 heavy (non-hydrogen) atoms. The summed E-state index contributed by atoms with van der Waals surface area (Å²) in [5, 5.41) is 19.0. The van der Waals surface area contributed by atoms with Crippen molar-refractivity contribution in [3.8, 4) is 11.5 Å². The number of nitrogens with one attached hydrogen (secondary N) is 1. The summed E-state index contributed by atoms with van der Waals surface area (Å²) in [6.07, 6.45) is 3.85. The highest BCUT2D eigenvalue weighted by Crippen LogP contribution is 2.42. The van der Waals surface area contributed by atoms with Crippen molar-refractivity contribution in [1.29, 1.82) is 0 Å². The molecule has 5 rings (SSSR count). The molecular formula is C22H21N5O3S. The minimum Gasteiger partial charge on any atom is -0.504 e. The van der Waals surface area contributed by atoms with Crippen LogP contribution in [0.1, 0.15) is 36.6 Å². The minimum absolute atomic E-state index is 0.0235. The monoisotopic (exact) mass is 435 g/mol. The van der Waals surface area contributed by atoms with Crippen LogP contribution in [0.3, 0.4) is 0 Å². The molecule has 158 valence electrons. The third kappa shape index (κ3) is 3.65. The number of phenols is 1. The Balaban J connectivity index is 1.53. The number of carbonyl (C=O) groups excluding carboxylic acids is 1. The maximum atomic E-state index is 12.9. The van der Waals surface area contributed by atoms with E-state index in [1.54, 1.807) is 23.0 Å². The van der Waals surface area contributed by atoms with Crippen molar-refractivity contribution in [3.05, 3.63) is 65.1 Å². The molecule has 0 bridgehead atoms. The lowest BCUT2D eigenvalue weighted by molar-refractivity contribution is -0.116. The Labute approximate surface area is 183 Å². The number of hydrogen-bond donors (Lipinski definition) is 2. The topological polar surface area (TPSA) is 102 Å². The summed E-state index contributed by atoms with van der Waals surface area (Å²) in [4.78, 5) is 21.9. The number of rotatable bonds is 5. The summed E-state index contributed by atoms with van der Waals surface area (Å²) in [6, 6.07) is 10.5. The van der Waals surface area contributed by atoms with Crippen LogP contribution in [0.4, 0.5) is 5.95 Å². The summed E-state index contributed by atoms with van der Waals surface area (Å²) in [5.41, 5.74) is 3.28. The van der Waals surface area contributed by atoms with E-state index in [0.29, 0.717) is 34.6 Å². The SMILES string of the molecule is COc1ccc(C2C3=C(CCCC3=O)Nc3nc(SCc4ccccn4)nn32)cc1O. The van der Waals surface area contributed by atoms with Gasteiger partial charge in [0.25, 0.3) is 0 Å². The van der Waals surface area contributed by atoms with Gasteiger partial charge in [-0.2, -0.15) is 4.98 Å². The molecule has 8 nitrogen and oxygen atoms in total. The molecule has 1 unspecified atom stereocenters. The first-order valence-corrected chi connectivity index (χ1v) is 11.0. The van der Waals surface area contributed by atoms with E-state index in [1.165, 1.54) is 18.9 Å². The molecule has 0 spiro atoms. The predicted octanol–water partition coefficient (Wildman–Crippen LogP) is 3.70. The lowest BCUT2D eigenvalue weighted by atomic mass is 9.85. The highest BCUT2D eigenvalue weighted by atomic mass is 32.2. The van der Waals surface area contributed by atoms with E-state index in [0.717, 1.165) is 29.8 Å². The summed E-state index contributed by atoms with van der Waals surface area (Å²) >= 11 is 1.49. The van der Waals surface area contributed by atoms with Crippen LogP contribution >= 0.6 is 11.8 Å². The van der Waals surface area contributed by atoms with E-state index >= 15 is 0 Å². The molecule has 1 aromatic carbocycles. The van der Waals surface area contributed by atoms with Gasteiger partial charge >= 0.3 is 0 Å². The number of Topliss-reactive ketones (excluding diaryl/α,β-unsaturated/α-hetero) is 1. The summed E-state index contributed by atoms with van der Waals surface area (Å²) in [7, 11) is 1.51. The number of allylic oxidation sites excluding steroid dienone is 2. The quantitative estimate of drug-likeness (QED) is 0.585. The molecule has 1 aliphatic carbocycles. The van der Waals surface area contributed by atoms with Gasteiger partial charge in [-0.3, -0.25) is 9.78 Å². The van der Waals surface area contributed by atoms with Gasteiger partial charge in [0.1, 0.15) is 6.04 Å². The Morgan fingerprint density at radius 3 is 2.97 bits per heavy atom. The number of aromatic nitrogens is 4. The Bertz CT molecular complexity index is 1180. The third-order valence-corrected chi connectivity index (χ3v) is 6.31. The number of thioether (sulfide) groups is 1. The van der Waals surface area contributed by atoms with E-state index < -0.39 is 6.04 Å². The Kier molecular flexibility index (Phi) is 5.11. The lowest BCUT2D eigenvalue weighted by Crippen LogP contribution is -2.31. The first kappa shape index (κ1) is 19.6. The molecular weight excluding hydrogens is 414 g/mol. The standard InChI is InChI=1S/C22H21N5O3S/c1-30-18-9-8-13(11-17(18)29)20-19-15(6-4-7-16(19)28)24-21-25-22(26-27(20)21)31-12-14-5-2-3-10-23-14/h2-3,5,8-11,20,29H,4,6-7,12H2,1H3,(H,24,25,26). The van der Waals surface area contributed by atoms with Gasteiger partial charge in [0.2, 0.25) is 11.1 Å². The summed E-state index contributed by atoms with van der Waals surface area (Å²) in [5.74, 6) is 1.74. The molecule has 0 fully saturated rings. The summed E-state index contributed by atoms with van der Waals surface area (Å²) < 4.78 is 6.92.